The van der Waals surface area contributed by atoms with Crippen LogP contribution in [0.4, 0.5) is 0 Å². The third-order valence-corrected chi connectivity index (χ3v) is 6.10. The zero-order valence-corrected chi connectivity index (χ0v) is 17.8. The predicted octanol–water partition coefficient (Wildman–Crippen LogP) is 3.71. The number of rotatable bonds is 6. The van der Waals surface area contributed by atoms with E-state index in [4.69, 9.17) is 14.5 Å². The molecule has 7 nitrogen and oxygen atoms in total. The van der Waals surface area contributed by atoms with Crippen LogP contribution in [-0.2, 0) is 16.0 Å². The molecule has 29 heavy (non-hydrogen) atoms. The molecule has 154 valence electrons. The van der Waals surface area contributed by atoms with Crippen molar-refractivity contribution in [1.82, 2.24) is 20.1 Å². The summed E-state index contributed by atoms with van der Waals surface area (Å²) in [4.78, 5) is 17.2. The molecule has 0 bridgehead atoms. The smallest absolute Gasteiger partial charge is 0.341 e. The van der Waals surface area contributed by atoms with E-state index < -0.39 is 0 Å². The summed E-state index contributed by atoms with van der Waals surface area (Å²) >= 11 is 1.55. The Kier molecular flexibility index (Phi) is 5.67. The van der Waals surface area contributed by atoms with Crippen LogP contribution in [0.2, 0.25) is 0 Å². The zero-order valence-electron chi connectivity index (χ0n) is 17.0. The lowest BCUT2D eigenvalue weighted by molar-refractivity contribution is -0.0631. The van der Waals surface area contributed by atoms with Gasteiger partial charge in [-0.2, -0.15) is 5.10 Å². The number of para-hydroxylation sites is 1. The number of hydrogen-bond donors (Lipinski definition) is 1. The number of esters is 1. The summed E-state index contributed by atoms with van der Waals surface area (Å²) in [6.07, 6.45) is 3.43. The normalized spacial score (nSPS) is 18.8. The van der Waals surface area contributed by atoms with Gasteiger partial charge in [0.15, 0.2) is 0 Å². The van der Waals surface area contributed by atoms with E-state index in [9.17, 15) is 4.79 Å². The van der Waals surface area contributed by atoms with Gasteiger partial charge in [0.25, 0.3) is 0 Å². The molecule has 1 atom stereocenters. The van der Waals surface area contributed by atoms with Crippen LogP contribution in [0.5, 0.6) is 0 Å². The van der Waals surface area contributed by atoms with Crippen molar-refractivity contribution >= 4 is 27.5 Å². The molecule has 1 aromatic carbocycles. The molecule has 4 rings (SSSR count). The Bertz CT molecular complexity index is 977. The molecule has 2 aromatic heterocycles. The van der Waals surface area contributed by atoms with Gasteiger partial charge in [0.2, 0.25) is 5.13 Å². The summed E-state index contributed by atoms with van der Waals surface area (Å²) in [6, 6.07) is 8.29. The molecular formula is C21H26N4O3S. The second-order valence-corrected chi connectivity index (χ2v) is 8.79. The maximum Gasteiger partial charge on any atom is 0.341 e. The Morgan fingerprint density at radius 2 is 2.24 bits per heavy atom. The van der Waals surface area contributed by atoms with Gasteiger partial charge in [-0.05, 0) is 45.7 Å². The van der Waals surface area contributed by atoms with Crippen LogP contribution < -0.4 is 5.32 Å². The maximum absolute atomic E-state index is 12.5. The second kappa shape index (κ2) is 8.22. The van der Waals surface area contributed by atoms with Crippen LogP contribution >= 0.6 is 11.3 Å². The Balaban J connectivity index is 1.64. The van der Waals surface area contributed by atoms with Crippen LogP contribution in [0.15, 0.2) is 30.5 Å². The van der Waals surface area contributed by atoms with E-state index in [1.807, 2.05) is 24.3 Å². The highest BCUT2D eigenvalue weighted by Gasteiger charge is 2.29. The van der Waals surface area contributed by atoms with E-state index in [-0.39, 0.29) is 11.6 Å². The minimum atomic E-state index is -0.357. The highest BCUT2D eigenvalue weighted by molar-refractivity contribution is 7.20. The number of ether oxygens (including phenoxy) is 2. The van der Waals surface area contributed by atoms with Crippen molar-refractivity contribution in [1.29, 1.82) is 0 Å². The zero-order chi connectivity index (χ0) is 20.4. The minimum Gasteiger partial charge on any atom is -0.462 e. The van der Waals surface area contributed by atoms with E-state index in [0.717, 1.165) is 40.5 Å². The monoisotopic (exact) mass is 414 g/mol. The first-order chi connectivity index (χ1) is 14.0. The van der Waals surface area contributed by atoms with Gasteiger partial charge in [-0.3, -0.25) is 0 Å². The van der Waals surface area contributed by atoms with E-state index >= 15 is 0 Å². The summed E-state index contributed by atoms with van der Waals surface area (Å²) in [5.41, 5.74) is 2.02. The molecule has 0 spiro atoms. The van der Waals surface area contributed by atoms with Gasteiger partial charge in [-0.1, -0.05) is 23.5 Å². The maximum atomic E-state index is 12.5. The molecule has 0 aliphatic carbocycles. The number of aromatic nitrogens is 3. The lowest BCUT2D eigenvalue weighted by Gasteiger charge is -2.36. The van der Waals surface area contributed by atoms with Crippen LogP contribution in [-0.4, -0.2) is 45.6 Å². The molecule has 0 saturated carbocycles. The van der Waals surface area contributed by atoms with Crippen molar-refractivity contribution in [3.8, 4) is 5.13 Å². The largest absolute Gasteiger partial charge is 0.462 e. The molecular weight excluding hydrogens is 388 g/mol. The van der Waals surface area contributed by atoms with Gasteiger partial charge in [0.1, 0.15) is 5.56 Å². The summed E-state index contributed by atoms with van der Waals surface area (Å²) in [5, 5.41) is 8.81. The molecule has 1 aliphatic heterocycles. The van der Waals surface area contributed by atoms with Gasteiger partial charge in [0, 0.05) is 19.2 Å². The van der Waals surface area contributed by atoms with E-state index in [1.54, 1.807) is 29.1 Å². The molecule has 1 aliphatic rings. The number of carbonyl (C=O) groups excluding carboxylic acids is 1. The first-order valence-corrected chi connectivity index (χ1v) is 10.8. The highest BCUT2D eigenvalue weighted by Crippen LogP contribution is 2.27. The van der Waals surface area contributed by atoms with Crippen LogP contribution in [0, 0.1) is 0 Å². The lowest BCUT2D eigenvalue weighted by atomic mass is 9.94. The fourth-order valence-electron chi connectivity index (χ4n) is 3.69. The number of nitrogens with one attached hydrogen (secondary N) is 1. The molecule has 0 radical (unpaired) electrons. The molecule has 0 amide bonds. The van der Waals surface area contributed by atoms with Gasteiger partial charge in [0.05, 0.1) is 34.3 Å². The third kappa shape index (κ3) is 4.34. The minimum absolute atomic E-state index is 0.146. The number of nitrogens with zero attached hydrogens (tertiary/aromatic N) is 3. The fraction of sp³-hybridized carbons (Fsp3) is 0.476. The van der Waals surface area contributed by atoms with Crippen LogP contribution in [0.25, 0.3) is 15.3 Å². The molecule has 1 N–H and O–H groups in total. The molecule has 3 heterocycles. The molecule has 1 unspecified atom stereocenters. The van der Waals surface area contributed by atoms with Crippen molar-refractivity contribution in [3.63, 3.8) is 0 Å². The first kappa shape index (κ1) is 20.0. The predicted molar refractivity (Wildman–Crippen MR) is 113 cm³/mol. The Labute approximate surface area is 174 Å². The first-order valence-electron chi connectivity index (χ1n) is 9.94. The number of carbonyl (C=O) groups is 1. The SMILES string of the molecule is CCOC(=O)c1cnn(-c2nc3ccccc3s2)c1CNC1CCOC(C)(C)C1. The van der Waals surface area contributed by atoms with Gasteiger partial charge in [-0.15, -0.1) is 0 Å². The Hall–Kier alpha value is -2.29. The summed E-state index contributed by atoms with van der Waals surface area (Å²) < 4.78 is 13.9. The standard InChI is InChI=1S/C21H26N4O3S/c1-4-27-19(26)15-12-23-25(20-24-16-7-5-6-8-18(16)29-20)17(15)13-22-14-9-10-28-21(2,3)11-14/h5-8,12,14,22H,4,9-11,13H2,1-3H3. The molecule has 8 heteroatoms. The summed E-state index contributed by atoms with van der Waals surface area (Å²) in [7, 11) is 0. The summed E-state index contributed by atoms with van der Waals surface area (Å²) in [6.45, 7) is 7.58. The molecule has 1 fully saturated rings. The second-order valence-electron chi connectivity index (χ2n) is 7.78. The average Bonchev–Trinajstić information content (AvgIpc) is 3.29. The molecule has 3 aromatic rings. The number of benzene rings is 1. The number of fused-ring (bicyclic) bond motifs is 1. The third-order valence-electron chi connectivity index (χ3n) is 5.08. The Morgan fingerprint density at radius 1 is 1.41 bits per heavy atom. The molecule has 1 saturated heterocycles. The average molecular weight is 415 g/mol. The van der Waals surface area contributed by atoms with Gasteiger partial charge >= 0.3 is 5.97 Å². The highest BCUT2D eigenvalue weighted by atomic mass is 32.1. The lowest BCUT2D eigenvalue weighted by Crippen LogP contribution is -2.43. The van der Waals surface area contributed by atoms with Crippen LogP contribution in [0.3, 0.4) is 0 Å². The topological polar surface area (TPSA) is 78.3 Å². The van der Waals surface area contributed by atoms with Gasteiger partial charge in [-0.25, -0.2) is 14.5 Å². The van der Waals surface area contributed by atoms with Crippen molar-refractivity contribution in [2.75, 3.05) is 13.2 Å². The van der Waals surface area contributed by atoms with Crippen molar-refractivity contribution in [3.05, 3.63) is 41.7 Å². The summed E-state index contributed by atoms with van der Waals surface area (Å²) in [5.74, 6) is -0.357. The number of hydrogen-bond acceptors (Lipinski definition) is 7. The Morgan fingerprint density at radius 3 is 3.00 bits per heavy atom. The fourth-order valence-corrected chi connectivity index (χ4v) is 4.64. The quantitative estimate of drug-likeness (QED) is 0.620. The van der Waals surface area contributed by atoms with E-state index in [2.05, 4.69) is 24.3 Å². The van der Waals surface area contributed by atoms with Crippen molar-refractivity contribution in [2.24, 2.45) is 0 Å². The van der Waals surface area contributed by atoms with Gasteiger partial charge < -0.3 is 14.8 Å². The van der Waals surface area contributed by atoms with Crippen molar-refractivity contribution < 1.29 is 14.3 Å². The van der Waals surface area contributed by atoms with E-state index in [0.29, 0.717) is 24.8 Å². The van der Waals surface area contributed by atoms with Crippen molar-refractivity contribution in [2.45, 2.75) is 51.8 Å². The van der Waals surface area contributed by atoms with Crippen LogP contribution in [0.1, 0.15) is 49.7 Å². The van der Waals surface area contributed by atoms with E-state index in [1.165, 1.54) is 0 Å². The number of thiazole rings is 1.